The summed E-state index contributed by atoms with van der Waals surface area (Å²) in [5.74, 6) is 1.06. The molecule has 0 saturated carbocycles. The van der Waals surface area contributed by atoms with Gasteiger partial charge in [0.25, 0.3) is 0 Å². The van der Waals surface area contributed by atoms with Crippen molar-refractivity contribution in [3.8, 4) is 5.75 Å². The first-order chi connectivity index (χ1) is 11.6. The molecule has 126 valence electrons. The summed E-state index contributed by atoms with van der Waals surface area (Å²) < 4.78 is 5.30. The number of nitrogens with zero attached hydrogens (tertiary/aromatic N) is 2. The average molecular weight is 343 g/mol. The summed E-state index contributed by atoms with van der Waals surface area (Å²) in [6.07, 6.45) is 2.51. The Morgan fingerprint density at radius 1 is 1.21 bits per heavy atom. The minimum absolute atomic E-state index is 0.221. The molecule has 0 bridgehead atoms. The number of Topliss-reactive ketones (excluding diaryl/α,β-unsaturated/α-hetero) is 1. The number of nitrogens with one attached hydrogen (secondary N) is 1. The van der Waals surface area contributed by atoms with Crippen molar-refractivity contribution in [3.63, 3.8) is 0 Å². The summed E-state index contributed by atoms with van der Waals surface area (Å²) in [5, 5.41) is 3.49. The number of thioether (sulfide) groups is 1. The minimum atomic E-state index is 0.221. The highest BCUT2D eigenvalue weighted by Crippen LogP contribution is 2.45. The fourth-order valence-electron chi connectivity index (χ4n) is 3.24. The summed E-state index contributed by atoms with van der Waals surface area (Å²) >= 11 is 1.67. The van der Waals surface area contributed by atoms with Gasteiger partial charge < -0.3 is 19.9 Å². The fourth-order valence-corrected chi connectivity index (χ4v) is 4.33. The molecule has 0 spiro atoms. The molecule has 0 aromatic heterocycles. The first kappa shape index (κ1) is 15.6. The molecule has 1 N–H and O–H groups in total. The van der Waals surface area contributed by atoms with Crippen LogP contribution in [0.3, 0.4) is 0 Å². The van der Waals surface area contributed by atoms with Gasteiger partial charge in [-0.15, -0.1) is 0 Å². The van der Waals surface area contributed by atoms with Gasteiger partial charge in [0.05, 0.1) is 24.2 Å². The maximum Gasteiger partial charge on any atom is 0.183 e. The highest BCUT2D eigenvalue weighted by molar-refractivity contribution is 8.03. The molecular formula is C18H21N3O2S. The number of benzene rings is 1. The van der Waals surface area contributed by atoms with Gasteiger partial charge >= 0.3 is 0 Å². The summed E-state index contributed by atoms with van der Waals surface area (Å²) in [5.41, 5.74) is 2.99. The lowest BCUT2D eigenvalue weighted by Crippen LogP contribution is -2.45. The molecule has 0 atom stereocenters. The molecule has 2 aliphatic heterocycles. The van der Waals surface area contributed by atoms with Crippen molar-refractivity contribution in [2.75, 3.05) is 45.7 Å². The van der Waals surface area contributed by atoms with E-state index in [1.807, 2.05) is 24.3 Å². The van der Waals surface area contributed by atoms with Crippen LogP contribution in [-0.4, -0.2) is 55.9 Å². The Morgan fingerprint density at radius 2 is 2.00 bits per heavy atom. The number of methoxy groups -OCH3 is 1. The number of carbonyl (C=O) groups excluding carboxylic acids is 1. The molecule has 5 nitrogen and oxygen atoms in total. The smallest absolute Gasteiger partial charge is 0.183 e. The molecule has 0 radical (unpaired) electrons. The van der Waals surface area contributed by atoms with Gasteiger partial charge in [0.2, 0.25) is 0 Å². The molecule has 1 aliphatic carbocycles. The number of fused-ring (bicyclic) bond motifs is 1. The number of allylic oxidation sites excluding steroid dienone is 3. The van der Waals surface area contributed by atoms with Crippen molar-refractivity contribution in [3.05, 3.63) is 40.6 Å². The molecule has 1 aromatic rings. The lowest BCUT2D eigenvalue weighted by molar-refractivity contribution is -0.116. The Labute approximate surface area is 146 Å². The van der Waals surface area contributed by atoms with Crippen LogP contribution in [-0.2, 0) is 4.79 Å². The molecule has 1 saturated heterocycles. The second-order valence-electron chi connectivity index (χ2n) is 6.35. The van der Waals surface area contributed by atoms with Crippen molar-refractivity contribution in [2.24, 2.45) is 0 Å². The number of likely N-dealkylation sites (N-methyl/N-ethyl adjacent to an activating group) is 1. The number of piperazine rings is 1. The predicted octanol–water partition coefficient (Wildman–Crippen LogP) is 2.53. The second-order valence-corrected chi connectivity index (χ2v) is 7.48. The van der Waals surface area contributed by atoms with Crippen LogP contribution in [0.4, 0.5) is 5.69 Å². The van der Waals surface area contributed by atoms with E-state index >= 15 is 0 Å². The minimum Gasteiger partial charge on any atom is -0.497 e. The highest BCUT2D eigenvalue weighted by atomic mass is 32.2. The van der Waals surface area contributed by atoms with Crippen LogP contribution in [0.2, 0.25) is 0 Å². The maximum atomic E-state index is 12.6. The van der Waals surface area contributed by atoms with E-state index in [1.165, 1.54) is 0 Å². The van der Waals surface area contributed by atoms with Crippen molar-refractivity contribution in [1.82, 2.24) is 9.80 Å². The fraction of sp³-hybridized carbons (Fsp3) is 0.389. The molecule has 24 heavy (non-hydrogen) atoms. The number of hydrogen-bond acceptors (Lipinski definition) is 6. The lowest BCUT2D eigenvalue weighted by atomic mass is 10.0. The van der Waals surface area contributed by atoms with Gasteiger partial charge in [-0.3, -0.25) is 4.79 Å². The number of ketones is 1. The number of rotatable bonds is 2. The van der Waals surface area contributed by atoms with E-state index in [1.54, 1.807) is 18.9 Å². The average Bonchev–Trinajstić information content (AvgIpc) is 2.60. The number of anilines is 1. The molecule has 6 heteroatoms. The van der Waals surface area contributed by atoms with E-state index in [9.17, 15) is 4.79 Å². The van der Waals surface area contributed by atoms with Gasteiger partial charge in [0.1, 0.15) is 5.75 Å². The Bertz CT molecular complexity index is 749. The van der Waals surface area contributed by atoms with Crippen LogP contribution in [0.15, 0.2) is 45.5 Å². The third-order valence-corrected chi connectivity index (χ3v) is 5.89. The van der Waals surface area contributed by atoms with E-state index in [4.69, 9.17) is 4.74 Å². The normalized spacial score (nSPS) is 21.0. The molecule has 2 heterocycles. The third-order valence-electron chi connectivity index (χ3n) is 4.72. The van der Waals surface area contributed by atoms with Crippen LogP contribution < -0.4 is 10.1 Å². The Morgan fingerprint density at radius 3 is 2.75 bits per heavy atom. The molecule has 3 aliphatic rings. The summed E-state index contributed by atoms with van der Waals surface area (Å²) in [7, 11) is 3.79. The third kappa shape index (κ3) is 2.80. The summed E-state index contributed by atoms with van der Waals surface area (Å²) in [4.78, 5) is 19.4. The summed E-state index contributed by atoms with van der Waals surface area (Å²) in [6.45, 7) is 3.83. The van der Waals surface area contributed by atoms with Gasteiger partial charge in [-0.1, -0.05) is 11.8 Å². The van der Waals surface area contributed by atoms with Gasteiger partial charge in [-0.2, -0.15) is 0 Å². The number of ether oxygens (including phenoxy) is 1. The van der Waals surface area contributed by atoms with Gasteiger partial charge in [0.15, 0.2) is 5.78 Å². The van der Waals surface area contributed by atoms with Crippen molar-refractivity contribution < 1.29 is 9.53 Å². The van der Waals surface area contributed by atoms with E-state index < -0.39 is 0 Å². The standard InChI is InChI=1S/C18H21N3O2S/c1-20-5-7-21(8-6-20)15-10-14-18(11-16(15)22)24-17-9-12(23-2)3-4-13(17)19-14/h3-4,9-10,19H,5-8,11H2,1-2H3. The maximum absolute atomic E-state index is 12.6. The van der Waals surface area contributed by atoms with Gasteiger partial charge in [-0.25, -0.2) is 0 Å². The zero-order chi connectivity index (χ0) is 16.7. The Hall–Kier alpha value is -1.92. The van der Waals surface area contributed by atoms with Crippen LogP contribution >= 0.6 is 11.8 Å². The lowest BCUT2D eigenvalue weighted by Gasteiger charge is -2.37. The van der Waals surface area contributed by atoms with Crippen molar-refractivity contribution in [2.45, 2.75) is 11.3 Å². The van der Waals surface area contributed by atoms with Gasteiger partial charge in [0, 0.05) is 42.4 Å². The largest absolute Gasteiger partial charge is 0.497 e. The first-order valence-corrected chi connectivity index (χ1v) is 9.00. The zero-order valence-electron chi connectivity index (χ0n) is 14.0. The molecular weight excluding hydrogens is 322 g/mol. The van der Waals surface area contributed by atoms with Crippen LogP contribution in [0.5, 0.6) is 5.75 Å². The predicted molar refractivity (Wildman–Crippen MR) is 96.3 cm³/mol. The van der Waals surface area contributed by atoms with Gasteiger partial charge in [-0.05, 0) is 31.3 Å². The van der Waals surface area contributed by atoms with E-state index in [0.29, 0.717) is 6.42 Å². The number of carbonyl (C=O) groups is 1. The zero-order valence-corrected chi connectivity index (χ0v) is 14.8. The van der Waals surface area contributed by atoms with Crippen molar-refractivity contribution in [1.29, 1.82) is 0 Å². The Kier molecular flexibility index (Phi) is 4.02. The topological polar surface area (TPSA) is 44.8 Å². The molecule has 4 rings (SSSR count). The second kappa shape index (κ2) is 6.18. The van der Waals surface area contributed by atoms with Crippen molar-refractivity contribution >= 4 is 23.2 Å². The SMILES string of the molecule is COc1ccc2c(c1)SC1=C(C=C(N3CCN(C)CC3)C(=O)C1)N2. The number of hydrogen-bond donors (Lipinski definition) is 1. The molecule has 0 unspecified atom stereocenters. The monoisotopic (exact) mass is 343 g/mol. The molecule has 1 fully saturated rings. The highest BCUT2D eigenvalue weighted by Gasteiger charge is 2.29. The van der Waals surface area contributed by atoms with Crippen LogP contribution in [0.25, 0.3) is 0 Å². The van der Waals surface area contributed by atoms with Crippen LogP contribution in [0, 0.1) is 0 Å². The van der Waals surface area contributed by atoms with Crippen LogP contribution in [0.1, 0.15) is 6.42 Å². The molecule has 0 amide bonds. The molecule has 1 aromatic carbocycles. The van der Waals surface area contributed by atoms with E-state index in [2.05, 4.69) is 22.2 Å². The Balaban J connectivity index is 1.60. The van der Waals surface area contributed by atoms with E-state index in [-0.39, 0.29) is 5.78 Å². The summed E-state index contributed by atoms with van der Waals surface area (Å²) in [6, 6.07) is 6.00. The van der Waals surface area contributed by atoms with E-state index in [0.717, 1.165) is 58.8 Å². The first-order valence-electron chi connectivity index (χ1n) is 8.18. The quantitative estimate of drug-likeness (QED) is 0.890.